The first-order valence-corrected chi connectivity index (χ1v) is 6.41. The van der Waals surface area contributed by atoms with Crippen molar-refractivity contribution in [2.45, 2.75) is 20.4 Å². The summed E-state index contributed by atoms with van der Waals surface area (Å²) in [5, 5.41) is 15.0. The van der Waals surface area contributed by atoms with Crippen molar-refractivity contribution in [3.63, 3.8) is 0 Å². The molecule has 2 N–H and O–H groups in total. The largest absolute Gasteiger partial charge is 0.378 e. The summed E-state index contributed by atoms with van der Waals surface area (Å²) in [6.45, 7) is 3.96. The summed E-state index contributed by atoms with van der Waals surface area (Å²) in [6, 6.07) is 5.90. The molecule has 0 saturated carbocycles. The lowest BCUT2D eigenvalue weighted by molar-refractivity contribution is -0.384. The minimum atomic E-state index is -0.502. The number of nitro groups is 1. The molecule has 0 fully saturated rings. The predicted molar refractivity (Wildman–Crippen MR) is 76.0 cm³/mol. The van der Waals surface area contributed by atoms with E-state index >= 15 is 0 Å². The number of hydrogen-bond acceptors (Lipinski definition) is 4. The summed E-state index contributed by atoms with van der Waals surface area (Å²) in [7, 11) is 0. The zero-order chi connectivity index (χ0) is 14.2. The second kappa shape index (κ2) is 5.00. The van der Waals surface area contributed by atoms with E-state index in [1.807, 2.05) is 25.1 Å². The Morgan fingerprint density at radius 2 is 2.16 bits per heavy atom. The molecule has 19 heavy (non-hydrogen) atoms. The lowest BCUT2D eigenvalue weighted by atomic mass is 10.1. The minimum Gasteiger partial charge on any atom is -0.378 e. The molecule has 100 valence electrons. The molecule has 0 atom stereocenters. The third-order valence-electron chi connectivity index (χ3n) is 2.85. The summed E-state index contributed by atoms with van der Waals surface area (Å²) in [5.41, 5.74) is 8.08. The summed E-state index contributed by atoms with van der Waals surface area (Å²) < 4.78 is 2.38. The van der Waals surface area contributed by atoms with Crippen molar-refractivity contribution in [2.24, 2.45) is 0 Å². The van der Waals surface area contributed by atoms with E-state index in [9.17, 15) is 10.1 Å². The molecule has 0 aliphatic rings. The molecule has 0 aliphatic heterocycles. The van der Waals surface area contributed by atoms with Gasteiger partial charge in [0.05, 0.1) is 11.5 Å². The Bertz CT molecular complexity index is 651. The lowest BCUT2D eigenvalue weighted by Gasteiger charge is -2.07. The zero-order valence-corrected chi connectivity index (χ0v) is 12.1. The minimum absolute atomic E-state index is 0.0787. The molecule has 0 saturated heterocycles. The Labute approximate surface area is 118 Å². The molecule has 0 radical (unpaired) electrons. The van der Waals surface area contributed by atoms with E-state index in [0.29, 0.717) is 12.2 Å². The molecule has 1 aromatic carbocycles. The van der Waals surface area contributed by atoms with Gasteiger partial charge in [-0.3, -0.25) is 10.1 Å². The van der Waals surface area contributed by atoms with Crippen LogP contribution in [0.2, 0.25) is 0 Å². The van der Waals surface area contributed by atoms with E-state index in [4.69, 9.17) is 5.73 Å². The Morgan fingerprint density at radius 1 is 1.47 bits per heavy atom. The van der Waals surface area contributed by atoms with Crippen LogP contribution in [0.1, 0.15) is 16.8 Å². The van der Waals surface area contributed by atoms with Crippen LogP contribution in [0, 0.1) is 24.0 Å². The van der Waals surface area contributed by atoms with Gasteiger partial charge in [0, 0.05) is 4.47 Å². The zero-order valence-electron chi connectivity index (χ0n) is 10.6. The Kier molecular flexibility index (Phi) is 3.57. The third kappa shape index (κ3) is 2.60. The lowest BCUT2D eigenvalue weighted by Crippen LogP contribution is -2.07. The van der Waals surface area contributed by atoms with Crippen LogP contribution in [-0.2, 0) is 6.54 Å². The quantitative estimate of drug-likeness (QED) is 0.694. The van der Waals surface area contributed by atoms with Crippen LogP contribution in [-0.4, -0.2) is 14.7 Å². The number of benzene rings is 1. The van der Waals surface area contributed by atoms with Gasteiger partial charge in [-0.1, -0.05) is 28.1 Å². The number of nitrogens with zero attached hydrogens (tertiary/aromatic N) is 3. The average molecular weight is 325 g/mol. The van der Waals surface area contributed by atoms with E-state index in [2.05, 4.69) is 21.0 Å². The molecule has 0 aliphatic carbocycles. The number of halogens is 1. The number of nitrogens with two attached hydrogens (primary N) is 1. The van der Waals surface area contributed by atoms with Crippen molar-refractivity contribution >= 4 is 27.4 Å². The second-order valence-corrected chi connectivity index (χ2v) is 5.18. The van der Waals surface area contributed by atoms with Gasteiger partial charge in [0.1, 0.15) is 5.69 Å². The highest BCUT2D eigenvalue weighted by atomic mass is 79.9. The number of aryl methyl sites for hydroxylation is 2. The summed E-state index contributed by atoms with van der Waals surface area (Å²) >= 11 is 3.47. The molecular weight excluding hydrogens is 312 g/mol. The smallest absolute Gasteiger partial charge is 0.333 e. The van der Waals surface area contributed by atoms with Gasteiger partial charge in [0.15, 0.2) is 0 Å². The van der Waals surface area contributed by atoms with Gasteiger partial charge in [-0.2, -0.15) is 5.10 Å². The van der Waals surface area contributed by atoms with Crippen molar-refractivity contribution in [1.29, 1.82) is 0 Å². The molecule has 2 rings (SSSR count). The van der Waals surface area contributed by atoms with Crippen LogP contribution in [0.5, 0.6) is 0 Å². The van der Waals surface area contributed by atoms with E-state index in [1.54, 1.807) is 6.92 Å². The maximum Gasteiger partial charge on any atom is 0.333 e. The molecule has 0 unspecified atom stereocenters. The maximum absolute atomic E-state index is 10.9. The van der Waals surface area contributed by atoms with E-state index < -0.39 is 4.92 Å². The van der Waals surface area contributed by atoms with Gasteiger partial charge in [-0.05, 0) is 31.0 Å². The first kappa shape index (κ1) is 13.5. The van der Waals surface area contributed by atoms with Gasteiger partial charge in [0.25, 0.3) is 0 Å². The van der Waals surface area contributed by atoms with Crippen molar-refractivity contribution in [1.82, 2.24) is 9.78 Å². The third-order valence-corrected chi connectivity index (χ3v) is 3.58. The highest BCUT2D eigenvalue weighted by Crippen LogP contribution is 2.27. The number of nitrogen functional groups attached to an aromatic ring is 1. The highest BCUT2D eigenvalue weighted by Gasteiger charge is 2.23. The number of aromatic nitrogens is 2. The first-order chi connectivity index (χ1) is 8.90. The summed E-state index contributed by atoms with van der Waals surface area (Å²) in [5.74, 6) is 0.0787. The van der Waals surface area contributed by atoms with E-state index in [-0.39, 0.29) is 11.5 Å². The Hall–Kier alpha value is -1.89. The predicted octanol–water partition coefficient (Wildman–Crippen LogP) is 2.80. The van der Waals surface area contributed by atoms with Gasteiger partial charge in [0.2, 0.25) is 5.82 Å². The maximum atomic E-state index is 10.9. The van der Waals surface area contributed by atoms with Crippen molar-refractivity contribution < 1.29 is 4.92 Å². The molecule has 0 amide bonds. The molecule has 1 aromatic heterocycles. The average Bonchev–Trinajstić information content (AvgIpc) is 2.58. The summed E-state index contributed by atoms with van der Waals surface area (Å²) in [6.07, 6.45) is 0. The molecule has 0 bridgehead atoms. The topological polar surface area (TPSA) is 87.0 Å². The van der Waals surface area contributed by atoms with Gasteiger partial charge in [-0.25, -0.2) is 4.68 Å². The standard InChI is InChI=1S/C12H13BrN4O2/c1-7-3-4-9(10(13)5-7)6-16-12(14)11(17(18)19)8(2)15-16/h3-5H,6,14H2,1-2H3. The highest BCUT2D eigenvalue weighted by molar-refractivity contribution is 9.10. The van der Waals surface area contributed by atoms with Gasteiger partial charge < -0.3 is 5.73 Å². The normalized spacial score (nSPS) is 10.7. The monoisotopic (exact) mass is 324 g/mol. The van der Waals surface area contributed by atoms with Gasteiger partial charge in [-0.15, -0.1) is 0 Å². The fourth-order valence-electron chi connectivity index (χ4n) is 1.88. The Morgan fingerprint density at radius 3 is 2.68 bits per heavy atom. The van der Waals surface area contributed by atoms with Crippen molar-refractivity contribution in [2.75, 3.05) is 5.73 Å². The van der Waals surface area contributed by atoms with Crippen LogP contribution >= 0.6 is 15.9 Å². The van der Waals surface area contributed by atoms with Crippen LogP contribution in [0.25, 0.3) is 0 Å². The molecule has 1 heterocycles. The molecule has 6 nitrogen and oxygen atoms in total. The van der Waals surface area contributed by atoms with Crippen LogP contribution in [0.4, 0.5) is 11.5 Å². The Balaban J connectivity index is 2.39. The van der Waals surface area contributed by atoms with Crippen LogP contribution < -0.4 is 5.73 Å². The van der Waals surface area contributed by atoms with E-state index in [1.165, 1.54) is 4.68 Å². The second-order valence-electron chi connectivity index (χ2n) is 4.33. The number of hydrogen-bond donors (Lipinski definition) is 1. The fourth-order valence-corrected chi connectivity index (χ4v) is 2.50. The van der Waals surface area contributed by atoms with Gasteiger partial charge >= 0.3 is 5.69 Å². The fraction of sp³-hybridized carbons (Fsp3) is 0.250. The SMILES string of the molecule is Cc1ccc(Cn2nc(C)c([N+](=O)[O-])c2N)c(Br)c1. The first-order valence-electron chi connectivity index (χ1n) is 5.62. The van der Waals surface area contributed by atoms with Crippen LogP contribution in [0.15, 0.2) is 22.7 Å². The molecule has 2 aromatic rings. The van der Waals surface area contributed by atoms with E-state index in [0.717, 1.165) is 15.6 Å². The molecular formula is C12H13BrN4O2. The van der Waals surface area contributed by atoms with Crippen molar-refractivity contribution in [3.8, 4) is 0 Å². The number of rotatable bonds is 3. The van der Waals surface area contributed by atoms with Crippen molar-refractivity contribution in [3.05, 3.63) is 49.6 Å². The molecule has 7 heteroatoms. The number of anilines is 1. The van der Waals surface area contributed by atoms with Crippen LogP contribution in [0.3, 0.4) is 0 Å². The summed E-state index contributed by atoms with van der Waals surface area (Å²) in [4.78, 5) is 10.4. The molecule has 0 spiro atoms.